The number of hydrogen-bond donors (Lipinski definition) is 2. The molecular formula is C12H16N2O3. The Morgan fingerprint density at radius 3 is 2.82 bits per heavy atom. The number of furan rings is 1. The number of carbonyl (C=O) groups is 2. The molecule has 0 radical (unpaired) electrons. The van der Waals surface area contributed by atoms with E-state index >= 15 is 0 Å². The highest BCUT2D eigenvalue weighted by Crippen LogP contribution is 2.18. The minimum absolute atomic E-state index is 0.0630. The first-order valence-electron chi connectivity index (χ1n) is 5.82. The number of hydrogen-bond acceptors (Lipinski definition) is 3. The molecule has 5 nitrogen and oxygen atoms in total. The third-order valence-corrected chi connectivity index (χ3v) is 2.57. The highest BCUT2D eigenvalue weighted by Gasteiger charge is 2.23. The molecule has 0 aromatic carbocycles. The van der Waals surface area contributed by atoms with Crippen LogP contribution in [-0.4, -0.2) is 24.4 Å². The molecule has 17 heavy (non-hydrogen) atoms. The summed E-state index contributed by atoms with van der Waals surface area (Å²) in [6.07, 6.45) is 4.58. The molecule has 0 spiro atoms. The molecular weight excluding hydrogens is 220 g/mol. The van der Waals surface area contributed by atoms with Gasteiger partial charge < -0.3 is 15.1 Å². The van der Waals surface area contributed by atoms with Gasteiger partial charge in [-0.05, 0) is 25.0 Å². The minimum atomic E-state index is -0.132. The molecule has 1 aliphatic carbocycles. The van der Waals surface area contributed by atoms with Crippen molar-refractivity contribution in [2.45, 2.75) is 31.7 Å². The molecule has 0 aliphatic heterocycles. The lowest BCUT2D eigenvalue weighted by Gasteiger charge is -2.05. The van der Waals surface area contributed by atoms with E-state index in [1.165, 1.54) is 0 Å². The van der Waals surface area contributed by atoms with E-state index in [2.05, 4.69) is 10.6 Å². The van der Waals surface area contributed by atoms with E-state index in [1.807, 2.05) is 6.07 Å². The lowest BCUT2D eigenvalue weighted by molar-refractivity contribution is -0.126. The van der Waals surface area contributed by atoms with Crippen molar-refractivity contribution in [1.29, 1.82) is 0 Å². The van der Waals surface area contributed by atoms with Gasteiger partial charge in [0.05, 0.1) is 12.8 Å². The first-order chi connectivity index (χ1) is 8.24. The molecule has 1 heterocycles. The topological polar surface area (TPSA) is 71.3 Å². The zero-order valence-electron chi connectivity index (χ0n) is 9.57. The largest absolute Gasteiger partial charge is 0.469 e. The van der Waals surface area contributed by atoms with Crippen molar-refractivity contribution in [1.82, 2.24) is 10.6 Å². The molecule has 0 bridgehead atoms. The number of aryl methyl sites for hydroxylation is 1. The Morgan fingerprint density at radius 2 is 2.18 bits per heavy atom. The molecule has 1 saturated carbocycles. The monoisotopic (exact) mass is 236 g/mol. The Kier molecular flexibility index (Phi) is 3.80. The minimum Gasteiger partial charge on any atom is -0.469 e. The van der Waals surface area contributed by atoms with Crippen LogP contribution in [0.15, 0.2) is 22.8 Å². The Labute approximate surface area is 99.6 Å². The Balaban J connectivity index is 1.58. The second-order valence-electron chi connectivity index (χ2n) is 4.20. The molecule has 1 aromatic rings. The summed E-state index contributed by atoms with van der Waals surface area (Å²) in [5.74, 6) is 0.536. The summed E-state index contributed by atoms with van der Waals surface area (Å²) in [6, 6.07) is 3.95. The lowest BCUT2D eigenvalue weighted by Crippen LogP contribution is -2.37. The van der Waals surface area contributed by atoms with Crippen LogP contribution in [0.3, 0.4) is 0 Å². The molecule has 1 fully saturated rings. The Hall–Kier alpha value is -1.78. The number of rotatable bonds is 6. The first kappa shape index (κ1) is 11.7. The van der Waals surface area contributed by atoms with Crippen molar-refractivity contribution < 1.29 is 14.0 Å². The van der Waals surface area contributed by atoms with E-state index in [9.17, 15) is 9.59 Å². The number of amides is 2. The van der Waals surface area contributed by atoms with E-state index in [4.69, 9.17) is 4.42 Å². The van der Waals surface area contributed by atoms with Gasteiger partial charge in [0.25, 0.3) is 0 Å². The van der Waals surface area contributed by atoms with Crippen LogP contribution < -0.4 is 10.6 Å². The van der Waals surface area contributed by atoms with Crippen LogP contribution in [0.2, 0.25) is 0 Å². The van der Waals surface area contributed by atoms with Crippen LogP contribution in [-0.2, 0) is 16.0 Å². The van der Waals surface area contributed by atoms with Gasteiger partial charge in [0.1, 0.15) is 5.76 Å². The smallest absolute Gasteiger partial charge is 0.239 e. The summed E-state index contributed by atoms with van der Waals surface area (Å²) >= 11 is 0. The first-order valence-corrected chi connectivity index (χ1v) is 5.82. The maximum atomic E-state index is 11.4. The molecule has 0 unspecified atom stereocenters. The molecule has 5 heteroatoms. The van der Waals surface area contributed by atoms with Gasteiger partial charge in [-0.15, -0.1) is 0 Å². The average molecular weight is 236 g/mol. The second-order valence-corrected chi connectivity index (χ2v) is 4.20. The zero-order chi connectivity index (χ0) is 12.1. The molecule has 0 atom stereocenters. The third kappa shape index (κ3) is 4.30. The summed E-state index contributed by atoms with van der Waals surface area (Å²) in [5.41, 5.74) is 0. The van der Waals surface area contributed by atoms with Crippen molar-refractivity contribution in [2.75, 3.05) is 6.54 Å². The third-order valence-electron chi connectivity index (χ3n) is 2.57. The molecule has 2 rings (SSSR count). The molecule has 1 aromatic heterocycles. The summed E-state index contributed by atoms with van der Waals surface area (Å²) in [7, 11) is 0. The van der Waals surface area contributed by atoms with Crippen LogP contribution in [0, 0.1) is 0 Å². The van der Waals surface area contributed by atoms with Gasteiger partial charge >= 0.3 is 0 Å². The lowest BCUT2D eigenvalue weighted by atomic mass is 10.2. The summed E-state index contributed by atoms with van der Waals surface area (Å²) in [6.45, 7) is 0.0630. The van der Waals surface area contributed by atoms with Crippen LogP contribution in [0.4, 0.5) is 0 Å². The van der Waals surface area contributed by atoms with E-state index in [-0.39, 0.29) is 18.4 Å². The van der Waals surface area contributed by atoms with Crippen LogP contribution in [0.1, 0.15) is 25.0 Å². The summed E-state index contributed by atoms with van der Waals surface area (Å²) < 4.78 is 5.11. The van der Waals surface area contributed by atoms with Crippen LogP contribution in [0.25, 0.3) is 0 Å². The second kappa shape index (κ2) is 5.52. The Bertz CT molecular complexity index is 382. The quantitative estimate of drug-likeness (QED) is 0.760. The molecule has 1 aliphatic rings. The van der Waals surface area contributed by atoms with Gasteiger partial charge in [0.15, 0.2) is 0 Å². The fraction of sp³-hybridized carbons (Fsp3) is 0.500. The molecule has 2 amide bonds. The predicted octanol–water partition coefficient (Wildman–Crippen LogP) is 0.607. The molecule has 0 saturated heterocycles. The van der Waals surface area contributed by atoms with Gasteiger partial charge in [0.2, 0.25) is 11.8 Å². The fourth-order valence-electron chi connectivity index (χ4n) is 1.47. The predicted molar refractivity (Wildman–Crippen MR) is 61.2 cm³/mol. The van der Waals surface area contributed by atoms with Crippen molar-refractivity contribution >= 4 is 11.8 Å². The average Bonchev–Trinajstić information content (AvgIpc) is 2.96. The maximum Gasteiger partial charge on any atom is 0.239 e. The number of nitrogens with one attached hydrogen (secondary N) is 2. The zero-order valence-corrected chi connectivity index (χ0v) is 9.57. The van der Waals surface area contributed by atoms with Crippen LogP contribution >= 0.6 is 0 Å². The van der Waals surface area contributed by atoms with E-state index in [0.29, 0.717) is 18.9 Å². The van der Waals surface area contributed by atoms with Gasteiger partial charge in [-0.2, -0.15) is 0 Å². The Morgan fingerprint density at radius 1 is 1.35 bits per heavy atom. The van der Waals surface area contributed by atoms with E-state index in [1.54, 1.807) is 12.3 Å². The summed E-state index contributed by atoms with van der Waals surface area (Å²) in [4.78, 5) is 22.7. The van der Waals surface area contributed by atoms with Crippen LogP contribution in [0.5, 0.6) is 0 Å². The molecule has 92 valence electrons. The van der Waals surface area contributed by atoms with Gasteiger partial charge in [-0.1, -0.05) is 0 Å². The SMILES string of the molecule is O=C(CCc1ccco1)NCC(=O)NC1CC1. The van der Waals surface area contributed by atoms with Gasteiger partial charge in [-0.3, -0.25) is 9.59 Å². The summed E-state index contributed by atoms with van der Waals surface area (Å²) in [5, 5.41) is 5.39. The van der Waals surface area contributed by atoms with Crippen molar-refractivity contribution in [3.05, 3.63) is 24.2 Å². The van der Waals surface area contributed by atoms with Crippen molar-refractivity contribution in [3.63, 3.8) is 0 Å². The highest BCUT2D eigenvalue weighted by atomic mass is 16.3. The van der Waals surface area contributed by atoms with E-state index < -0.39 is 0 Å². The van der Waals surface area contributed by atoms with Crippen molar-refractivity contribution in [2.24, 2.45) is 0 Å². The standard InChI is InChI=1S/C12H16N2O3/c15-11(6-5-10-2-1-7-17-10)13-8-12(16)14-9-3-4-9/h1-2,7,9H,3-6,8H2,(H,13,15)(H,14,16). The van der Waals surface area contributed by atoms with Crippen molar-refractivity contribution in [3.8, 4) is 0 Å². The van der Waals surface area contributed by atoms with E-state index in [0.717, 1.165) is 18.6 Å². The fourth-order valence-corrected chi connectivity index (χ4v) is 1.47. The normalized spacial score (nSPS) is 14.4. The molecule has 2 N–H and O–H groups in total. The highest BCUT2D eigenvalue weighted by molar-refractivity contribution is 5.84. The van der Waals surface area contributed by atoms with Gasteiger partial charge in [-0.25, -0.2) is 0 Å². The number of carbonyl (C=O) groups excluding carboxylic acids is 2. The maximum absolute atomic E-state index is 11.4. The van der Waals surface area contributed by atoms with Gasteiger partial charge in [0, 0.05) is 18.9 Å².